The van der Waals surface area contributed by atoms with Gasteiger partial charge in [-0.25, -0.2) is 0 Å². The van der Waals surface area contributed by atoms with Crippen LogP contribution in [0.4, 0.5) is 34.1 Å². The number of anilines is 6. The highest BCUT2D eigenvalue weighted by molar-refractivity contribution is 7.19. The second kappa shape index (κ2) is 23.4. The lowest BCUT2D eigenvalue weighted by Crippen LogP contribution is -2.74. The summed E-state index contributed by atoms with van der Waals surface area (Å²) < 4.78 is 0. The van der Waals surface area contributed by atoms with Gasteiger partial charge in [-0.3, -0.25) is 0 Å². The van der Waals surface area contributed by atoms with Gasteiger partial charge >= 0.3 is 0 Å². The number of fused-ring (bicyclic) bond motifs is 4. The normalized spacial score (nSPS) is 12.4. The lowest BCUT2D eigenvalue weighted by Gasteiger charge is -2.46. The maximum absolute atomic E-state index is 2.81. The minimum absolute atomic E-state index is 0.197. The van der Waals surface area contributed by atoms with Gasteiger partial charge in [0.25, 0.3) is 6.71 Å². The molecule has 14 aromatic rings. The number of nitrogens with zero attached hydrogens (tertiary/aromatic N) is 2. The van der Waals surface area contributed by atoms with Crippen LogP contribution >= 0.6 is 0 Å². The van der Waals surface area contributed by atoms with Gasteiger partial charge < -0.3 is 9.80 Å². The molecule has 14 aromatic carbocycles. The zero-order valence-electron chi connectivity index (χ0n) is 52.0. The fraction of sp³-hybridized carbons (Fsp3) is 0.0455. The third-order valence-corrected chi connectivity index (χ3v) is 24.0. The Labute approximate surface area is 542 Å². The summed E-state index contributed by atoms with van der Waals surface area (Å²) in [6, 6.07) is 132. The largest absolute Gasteiger partial charge is 0.310 e. The van der Waals surface area contributed by atoms with Gasteiger partial charge in [-0.15, -0.1) is 0 Å². The average molecular weight is 1190 g/mol. The molecule has 0 aromatic heterocycles. The molecule has 0 N–H and O–H groups in total. The van der Waals surface area contributed by atoms with E-state index in [-0.39, 0.29) is 12.1 Å². The van der Waals surface area contributed by atoms with Gasteiger partial charge in [-0.1, -0.05) is 348 Å². The standard InChI is InChI=1S/C88H67BN2Si/c1-88(2,3)70-60-83-85-84(61-70)91(87-77(66-36-18-7-19-37-66)48-29-49-78(87)67-38-20-8-21-39-67)82-57-53-69(63-50-54-74(55-51-63)92(71-40-22-9-23-41-71,72-42-24-10-25-43-72)73-44-26-11-27-45-73)59-80(82)89(85)79-58-68(62-30-12-4-13-31-62)52-56-81(79)90(83)86-75(64-32-14-5-15-33-64)46-28-47-76(86)65-34-16-6-17-35-65/h4-61H,1-3H3. The van der Waals surface area contributed by atoms with E-state index in [0.717, 1.165) is 67.3 Å². The van der Waals surface area contributed by atoms with E-state index in [1.54, 1.807) is 0 Å². The van der Waals surface area contributed by atoms with Gasteiger partial charge in [0.15, 0.2) is 8.07 Å². The molecule has 2 heterocycles. The first-order chi connectivity index (χ1) is 45.3. The zero-order chi connectivity index (χ0) is 61.8. The molecule has 0 fully saturated rings. The quantitative estimate of drug-likeness (QED) is 0.0889. The molecular weight excluding hydrogens is 1120 g/mol. The van der Waals surface area contributed by atoms with Crippen LogP contribution in [-0.4, -0.2) is 14.8 Å². The fourth-order valence-electron chi connectivity index (χ4n) is 14.9. The van der Waals surface area contributed by atoms with Gasteiger partial charge in [0, 0.05) is 45.0 Å². The molecule has 0 atom stereocenters. The van der Waals surface area contributed by atoms with E-state index >= 15 is 0 Å². The second-order valence-electron chi connectivity index (χ2n) is 25.5. The lowest BCUT2D eigenvalue weighted by atomic mass is 9.33. The predicted molar refractivity (Wildman–Crippen MR) is 395 cm³/mol. The molecule has 0 spiro atoms. The van der Waals surface area contributed by atoms with Crippen LogP contribution in [-0.2, 0) is 5.41 Å². The maximum Gasteiger partial charge on any atom is 0.252 e. The van der Waals surface area contributed by atoms with Crippen LogP contribution < -0.4 is 46.9 Å². The van der Waals surface area contributed by atoms with Gasteiger partial charge in [-0.05, 0) is 117 Å². The molecule has 0 bridgehead atoms. The Morgan fingerprint density at radius 1 is 0.250 bits per heavy atom. The first kappa shape index (κ1) is 56.2. The summed E-state index contributed by atoms with van der Waals surface area (Å²) in [6.07, 6.45) is 0. The van der Waals surface area contributed by atoms with Crippen LogP contribution in [0.25, 0.3) is 66.8 Å². The van der Waals surface area contributed by atoms with Crippen LogP contribution in [0.15, 0.2) is 352 Å². The summed E-state index contributed by atoms with van der Waals surface area (Å²) in [7, 11) is -2.81. The third-order valence-electron chi connectivity index (χ3n) is 19.2. The van der Waals surface area contributed by atoms with Crippen molar-refractivity contribution < 1.29 is 0 Å². The highest BCUT2D eigenvalue weighted by atomic mass is 28.3. The Balaban J connectivity index is 1.02. The van der Waals surface area contributed by atoms with Crippen molar-refractivity contribution in [2.75, 3.05) is 9.80 Å². The number of rotatable bonds is 12. The van der Waals surface area contributed by atoms with Crippen molar-refractivity contribution in [3.63, 3.8) is 0 Å². The topological polar surface area (TPSA) is 6.48 Å². The number of hydrogen-bond acceptors (Lipinski definition) is 2. The number of hydrogen-bond donors (Lipinski definition) is 0. The Morgan fingerprint density at radius 2 is 0.533 bits per heavy atom. The highest BCUT2D eigenvalue weighted by Crippen LogP contribution is 2.54. The van der Waals surface area contributed by atoms with Crippen molar-refractivity contribution in [1.29, 1.82) is 0 Å². The maximum atomic E-state index is 2.67. The van der Waals surface area contributed by atoms with E-state index < -0.39 is 8.07 Å². The summed E-state index contributed by atoms with van der Waals surface area (Å²) >= 11 is 0. The molecule has 16 rings (SSSR count). The number of para-hydroxylation sites is 2. The van der Waals surface area contributed by atoms with E-state index in [1.165, 1.54) is 76.3 Å². The fourth-order valence-corrected chi connectivity index (χ4v) is 19.6. The van der Waals surface area contributed by atoms with Crippen molar-refractivity contribution in [3.8, 4) is 66.8 Å². The number of benzene rings is 14. The van der Waals surface area contributed by atoms with E-state index in [0.29, 0.717) is 0 Å². The summed E-state index contributed by atoms with van der Waals surface area (Å²) in [5, 5.41) is 5.41. The van der Waals surface area contributed by atoms with Crippen molar-refractivity contribution in [1.82, 2.24) is 0 Å². The lowest BCUT2D eigenvalue weighted by molar-refractivity contribution is 0.590. The molecule has 2 aliphatic heterocycles. The minimum atomic E-state index is -2.81. The summed E-state index contributed by atoms with van der Waals surface area (Å²) in [6.45, 7) is 6.92. The van der Waals surface area contributed by atoms with Crippen LogP contribution in [0.1, 0.15) is 26.3 Å². The first-order valence-electron chi connectivity index (χ1n) is 32.2. The van der Waals surface area contributed by atoms with Gasteiger partial charge in [0.05, 0.1) is 11.4 Å². The summed E-state index contributed by atoms with van der Waals surface area (Å²) in [5.41, 5.74) is 25.7. The van der Waals surface area contributed by atoms with Gasteiger partial charge in [0.2, 0.25) is 0 Å². The Morgan fingerprint density at radius 3 is 0.859 bits per heavy atom. The molecule has 0 saturated carbocycles. The molecule has 2 aliphatic rings. The van der Waals surface area contributed by atoms with Gasteiger partial charge in [-0.2, -0.15) is 0 Å². The third kappa shape index (κ3) is 9.65. The molecule has 0 saturated heterocycles. The Hall–Kier alpha value is -11.0. The second-order valence-corrected chi connectivity index (χ2v) is 29.3. The van der Waals surface area contributed by atoms with E-state index in [9.17, 15) is 0 Å². The Kier molecular flexibility index (Phi) is 14.3. The van der Waals surface area contributed by atoms with Crippen molar-refractivity contribution >= 4 is 86.0 Å². The van der Waals surface area contributed by atoms with Gasteiger partial charge in [0.1, 0.15) is 0 Å². The van der Waals surface area contributed by atoms with E-state index in [1.807, 2.05) is 0 Å². The van der Waals surface area contributed by atoms with Crippen LogP contribution in [0.5, 0.6) is 0 Å². The van der Waals surface area contributed by atoms with Crippen molar-refractivity contribution in [3.05, 3.63) is 357 Å². The van der Waals surface area contributed by atoms with E-state index in [2.05, 4.69) is 382 Å². The smallest absolute Gasteiger partial charge is 0.252 e. The SMILES string of the molecule is CC(C)(C)c1cc2c3c(c1)N(c1c(-c4ccccc4)cccc1-c1ccccc1)c1ccc(-c4ccc([Si](c5ccccc5)(c5ccccc5)c5ccccc5)cc4)cc1B3c1cc(-c3ccccc3)ccc1N2c1c(-c2ccccc2)cccc1-c1ccccc1. The molecule has 4 heteroatoms. The Bertz CT molecular complexity index is 4750. The predicted octanol–water partition coefficient (Wildman–Crippen LogP) is 18.4. The van der Waals surface area contributed by atoms with Crippen LogP contribution in [0.3, 0.4) is 0 Å². The highest BCUT2D eigenvalue weighted by Gasteiger charge is 2.47. The summed E-state index contributed by atoms with van der Waals surface area (Å²) in [5.74, 6) is 0. The molecule has 0 unspecified atom stereocenters. The van der Waals surface area contributed by atoms with Crippen molar-refractivity contribution in [2.24, 2.45) is 0 Å². The van der Waals surface area contributed by atoms with Crippen LogP contribution in [0.2, 0.25) is 0 Å². The molecule has 92 heavy (non-hydrogen) atoms. The first-order valence-corrected chi connectivity index (χ1v) is 34.2. The van der Waals surface area contributed by atoms with Crippen molar-refractivity contribution in [2.45, 2.75) is 26.2 Å². The molecule has 0 radical (unpaired) electrons. The van der Waals surface area contributed by atoms with E-state index in [4.69, 9.17) is 0 Å². The molecule has 0 amide bonds. The molecular formula is C88H67BN2Si. The minimum Gasteiger partial charge on any atom is -0.310 e. The zero-order valence-corrected chi connectivity index (χ0v) is 53.0. The van der Waals surface area contributed by atoms with Crippen LogP contribution in [0, 0.1) is 0 Å². The monoisotopic (exact) mass is 1190 g/mol. The molecule has 0 aliphatic carbocycles. The molecule has 2 nitrogen and oxygen atoms in total. The average Bonchev–Trinajstić information content (AvgIpc) is 0.693. The molecule has 436 valence electrons. The summed E-state index contributed by atoms with van der Waals surface area (Å²) in [4.78, 5) is 5.33.